The van der Waals surface area contributed by atoms with Crippen LogP contribution in [0.3, 0.4) is 0 Å². The predicted octanol–water partition coefficient (Wildman–Crippen LogP) is 0.215. The molecule has 0 unspecified atom stereocenters. The number of benzene rings is 1. The summed E-state index contributed by atoms with van der Waals surface area (Å²) >= 11 is 0. The van der Waals surface area contributed by atoms with Gasteiger partial charge in [0, 0.05) is 0 Å². The van der Waals surface area contributed by atoms with Crippen molar-refractivity contribution < 1.29 is 18.9 Å². The Kier molecular flexibility index (Phi) is 6.07. The third-order valence-corrected chi connectivity index (χ3v) is 1.84. The van der Waals surface area contributed by atoms with Crippen molar-refractivity contribution in [1.29, 1.82) is 0 Å². The van der Waals surface area contributed by atoms with E-state index >= 15 is 0 Å². The van der Waals surface area contributed by atoms with Gasteiger partial charge in [0.1, 0.15) is 0 Å². The van der Waals surface area contributed by atoms with E-state index in [1.54, 1.807) is 0 Å². The average molecular weight is 154 g/mol. The molecule has 1 rings (SSSR count). The summed E-state index contributed by atoms with van der Waals surface area (Å²) in [4.78, 5) is 0. The van der Waals surface area contributed by atoms with E-state index in [0.717, 1.165) is 5.56 Å². The van der Waals surface area contributed by atoms with Crippen molar-refractivity contribution in [1.82, 2.24) is 0 Å². The zero-order valence-electron chi connectivity index (χ0n) is 8.14. The second-order valence-corrected chi connectivity index (χ2v) is 2.92. The van der Waals surface area contributed by atoms with E-state index in [9.17, 15) is 0 Å². The normalized spacial score (nSPS) is 9.08. The van der Waals surface area contributed by atoms with Gasteiger partial charge < -0.3 is 0 Å². The van der Waals surface area contributed by atoms with Crippen LogP contribution in [-0.2, 0) is 6.42 Å². The topological polar surface area (TPSA) is 0 Å². The standard InChI is InChI=1S/C11H15.Li/c1-3-4-5-11-8-6-10(2)7-9-11;/h6-9H,2-5H2,1H3;/q-1;+1. The van der Waals surface area contributed by atoms with Gasteiger partial charge in [0.25, 0.3) is 0 Å². The van der Waals surface area contributed by atoms with E-state index in [2.05, 4.69) is 38.1 Å². The fourth-order valence-corrected chi connectivity index (χ4v) is 1.09. The molecule has 0 spiro atoms. The van der Waals surface area contributed by atoms with Crippen LogP contribution < -0.4 is 18.9 Å². The Morgan fingerprint density at radius 2 is 1.75 bits per heavy atom. The van der Waals surface area contributed by atoms with Gasteiger partial charge in [-0.25, -0.2) is 0 Å². The summed E-state index contributed by atoms with van der Waals surface area (Å²) in [6, 6.07) is 8.48. The molecule has 0 amide bonds. The zero-order chi connectivity index (χ0) is 8.10. The van der Waals surface area contributed by atoms with Crippen molar-refractivity contribution in [3.63, 3.8) is 0 Å². The van der Waals surface area contributed by atoms with E-state index in [1.165, 1.54) is 24.8 Å². The summed E-state index contributed by atoms with van der Waals surface area (Å²) in [6.07, 6.45) is 3.76. The van der Waals surface area contributed by atoms with E-state index in [-0.39, 0.29) is 18.9 Å². The van der Waals surface area contributed by atoms with Gasteiger partial charge in [-0.2, -0.15) is 24.6 Å². The van der Waals surface area contributed by atoms with Gasteiger partial charge in [0.2, 0.25) is 0 Å². The van der Waals surface area contributed by atoms with Crippen molar-refractivity contribution in [2.45, 2.75) is 26.2 Å². The van der Waals surface area contributed by atoms with Crippen LogP contribution in [0.4, 0.5) is 0 Å². The summed E-state index contributed by atoms with van der Waals surface area (Å²) in [7, 11) is 0. The fourth-order valence-electron chi connectivity index (χ4n) is 1.09. The van der Waals surface area contributed by atoms with E-state index in [0.29, 0.717) is 0 Å². The Hall–Kier alpha value is -0.313. The van der Waals surface area contributed by atoms with Crippen molar-refractivity contribution >= 4 is 0 Å². The summed E-state index contributed by atoms with van der Waals surface area (Å²) in [5.74, 6) is 0. The Labute approximate surface area is 87.6 Å². The van der Waals surface area contributed by atoms with Crippen molar-refractivity contribution in [2.75, 3.05) is 0 Å². The summed E-state index contributed by atoms with van der Waals surface area (Å²) in [6.45, 7) is 6.06. The van der Waals surface area contributed by atoms with Gasteiger partial charge in [-0.3, -0.25) is 0 Å². The second kappa shape index (κ2) is 6.23. The average Bonchev–Trinajstić information content (AvgIpc) is 2.04. The molecule has 60 valence electrons. The maximum Gasteiger partial charge on any atom is 1.00 e. The van der Waals surface area contributed by atoms with Crippen molar-refractivity contribution in [3.8, 4) is 0 Å². The first-order valence-electron chi connectivity index (χ1n) is 4.24. The molecule has 0 nitrogen and oxygen atoms in total. The van der Waals surface area contributed by atoms with Crippen molar-refractivity contribution in [2.24, 2.45) is 0 Å². The molecule has 0 aromatic heterocycles. The summed E-state index contributed by atoms with van der Waals surface area (Å²) < 4.78 is 0. The molecule has 0 N–H and O–H groups in total. The van der Waals surface area contributed by atoms with E-state index in [4.69, 9.17) is 0 Å². The minimum Gasteiger partial charge on any atom is -0.199 e. The van der Waals surface area contributed by atoms with Gasteiger partial charge in [-0.15, -0.1) is 12.1 Å². The van der Waals surface area contributed by atoms with Gasteiger partial charge in [0.15, 0.2) is 0 Å². The molecule has 0 atom stereocenters. The van der Waals surface area contributed by atoms with Crippen molar-refractivity contribution in [3.05, 3.63) is 42.3 Å². The summed E-state index contributed by atoms with van der Waals surface area (Å²) in [5.41, 5.74) is 2.53. The molecule has 0 saturated carbocycles. The van der Waals surface area contributed by atoms with Crippen LogP contribution in [0.1, 0.15) is 30.9 Å². The fraction of sp³-hybridized carbons (Fsp3) is 0.364. The predicted molar refractivity (Wildman–Crippen MR) is 49.5 cm³/mol. The van der Waals surface area contributed by atoms with Gasteiger partial charge >= 0.3 is 18.9 Å². The Morgan fingerprint density at radius 1 is 1.17 bits per heavy atom. The number of hydrogen-bond acceptors (Lipinski definition) is 0. The number of unbranched alkanes of at least 4 members (excludes halogenated alkanes) is 1. The molecular formula is C11H15Li. The van der Waals surface area contributed by atoms with Crippen LogP contribution in [-0.4, -0.2) is 0 Å². The minimum atomic E-state index is 0. The van der Waals surface area contributed by atoms with Crippen LogP contribution in [0, 0.1) is 6.92 Å². The second-order valence-electron chi connectivity index (χ2n) is 2.92. The molecule has 1 aromatic carbocycles. The molecule has 0 aliphatic heterocycles. The van der Waals surface area contributed by atoms with E-state index < -0.39 is 0 Å². The quantitative estimate of drug-likeness (QED) is 0.431. The first kappa shape index (κ1) is 11.7. The number of hydrogen-bond donors (Lipinski definition) is 0. The molecule has 0 radical (unpaired) electrons. The zero-order valence-corrected chi connectivity index (χ0v) is 8.14. The van der Waals surface area contributed by atoms with Crippen LogP contribution in [0.2, 0.25) is 0 Å². The number of rotatable bonds is 3. The maximum atomic E-state index is 3.84. The van der Waals surface area contributed by atoms with Crippen LogP contribution in [0.15, 0.2) is 24.3 Å². The molecule has 1 heteroatoms. The van der Waals surface area contributed by atoms with Crippen LogP contribution in [0.5, 0.6) is 0 Å². The first-order chi connectivity index (χ1) is 5.33. The molecule has 0 bridgehead atoms. The molecular weight excluding hydrogens is 139 g/mol. The molecule has 1 aromatic rings. The third-order valence-electron chi connectivity index (χ3n) is 1.84. The molecule has 0 aliphatic carbocycles. The van der Waals surface area contributed by atoms with Crippen LogP contribution in [0.25, 0.3) is 0 Å². The smallest absolute Gasteiger partial charge is 0.199 e. The molecule has 12 heavy (non-hydrogen) atoms. The Morgan fingerprint density at radius 3 is 2.25 bits per heavy atom. The van der Waals surface area contributed by atoms with Gasteiger partial charge in [-0.05, 0) is 12.8 Å². The van der Waals surface area contributed by atoms with Crippen LogP contribution >= 0.6 is 0 Å². The third kappa shape index (κ3) is 3.90. The van der Waals surface area contributed by atoms with Gasteiger partial charge in [0.05, 0.1) is 0 Å². The summed E-state index contributed by atoms with van der Waals surface area (Å²) in [5, 5.41) is 0. The minimum absolute atomic E-state index is 0. The molecule has 0 saturated heterocycles. The Bertz CT molecular complexity index is 201. The van der Waals surface area contributed by atoms with E-state index in [1.807, 2.05) is 0 Å². The maximum absolute atomic E-state index is 3.84. The SMILES string of the molecule is [CH2-]c1ccc(CCCC)cc1.[Li+]. The number of aryl methyl sites for hydroxylation is 1. The monoisotopic (exact) mass is 154 g/mol. The molecule has 0 fully saturated rings. The first-order valence-corrected chi connectivity index (χ1v) is 4.24. The molecule has 0 aliphatic rings. The Balaban J connectivity index is 0.00000121. The molecule has 0 heterocycles. The van der Waals surface area contributed by atoms with Gasteiger partial charge in [-0.1, -0.05) is 18.9 Å². The largest absolute Gasteiger partial charge is 1.00 e.